The van der Waals surface area contributed by atoms with Crippen LogP contribution in [-0.2, 0) is 9.53 Å². The second-order valence-electron chi connectivity index (χ2n) is 5.95. The molecule has 0 spiro atoms. The molecule has 2 heterocycles. The second-order valence-corrected chi connectivity index (χ2v) is 5.95. The largest absolute Gasteiger partial charge is 0.480 e. The zero-order valence-corrected chi connectivity index (χ0v) is 12.0. The minimum atomic E-state index is -0.910. The second kappa shape index (κ2) is 6.92. The monoisotopic (exact) mass is 284 g/mol. The van der Waals surface area contributed by atoms with E-state index in [-0.39, 0.29) is 6.03 Å². The number of hydrogen-bond acceptors (Lipinski definition) is 3. The number of urea groups is 1. The van der Waals surface area contributed by atoms with Crippen molar-refractivity contribution in [3.8, 4) is 0 Å². The third-order valence-electron chi connectivity index (χ3n) is 4.21. The number of nitrogens with zero attached hydrogens (tertiary/aromatic N) is 1. The van der Waals surface area contributed by atoms with Crippen molar-refractivity contribution in [3.05, 3.63) is 0 Å². The molecule has 0 radical (unpaired) electrons. The number of carboxylic acid groups (broad SMARTS) is 1. The molecule has 2 saturated heterocycles. The van der Waals surface area contributed by atoms with Gasteiger partial charge in [0, 0.05) is 19.7 Å². The Labute approximate surface area is 119 Å². The van der Waals surface area contributed by atoms with Gasteiger partial charge in [0.15, 0.2) is 0 Å². The molecular weight excluding hydrogens is 260 g/mol. The van der Waals surface area contributed by atoms with Gasteiger partial charge in [-0.1, -0.05) is 6.92 Å². The highest BCUT2D eigenvalue weighted by Crippen LogP contribution is 2.23. The zero-order valence-electron chi connectivity index (χ0n) is 12.0. The van der Waals surface area contributed by atoms with Gasteiger partial charge < -0.3 is 20.1 Å². The Morgan fingerprint density at radius 3 is 2.85 bits per heavy atom. The van der Waals surface area contributed by atoms with Gasteiger partial charge in [0.1, 0.15) is 6.04 Å². The molecule has 3 atom stereocenters. The van der Waals surface area contributed by atoms with E-state index in [9.17, 15) is 14.7 Å². The van der Waals surface area contributed by atoms with Gasteiger partial charge in [0.25, 0.3) is 0 Å². The first-order valence-electron chi connectivity index (χ1n) is 7.43. The molecule has 2 fully saturated rings. The van der Waals surface area contributed by atoms with Crippen LogP contribution in [-0.4, -0.2) is 54.4 Å². The van der Waals surface area contributed by atoms with Gasteiger partial charge in [0.2, 0.25) is 0 Å². The Balaban J connectivity index is 1.84. The van der Waals surface area contributed by atoms with E-state index < -0.39 is 12.0 Å². The number of piperidine rings is 1. The number of hydrogen-bond donors (Lipinski definition) is 2. The van der Waals surface area contributed by atoms with Crippen LogP contribution in [0.2, 0.25) is 0 Å². The average Bonchev–Trinajstić information content (AvgIpc) is 2.45. The molecule has 20 heavy (non-hydrogen) atoms. The fourth-order valence-corrected chi connectivity index (χ4v) is 2.92. The first-order valence-corrected chi connectivity index (χ1v) is 7.43. The number of carbonyl (C=O) groups is 2. The van der Waals surface area contributed by atoms with Gasteiger partial charge in [-0.05, 0) is 37.5 Å². The summed E-state index contributed by atoms with van der Waals surface area (Å²) < 4.78 is 5.37. The van der Waals surface area contributed by atoms with Gasteiger partial charge in [-0.25, -0.2) is 9.59 Å². The van der Waals surface area contributed by atoms with Crippen molar-refractivity contribution in [1.82, 2.24) is 10.2 Å². The minimum Gasteiger partial charge on any atom is -0.480 e. The van der Waals surface area contributed by atoms with Gasteiger partial charge in [-0.2, -0.15) is 0 Å². The molecule has 114 valence electrons. The van der Waals surface area contributed by atoms with Gasteiger partial charge in [-0.15, -0.1) is 0 Å². The standard InChI is InChI=1S/C14H24N2O4/c1-10-4-5-16(12(7-10)13(17)18)14(19)15-8-11-3-2-6-20-9-11/h10-12H,2-9H2,1H3,(H,15,19)(H,17,18). The Morgan fingerprint density at radius 2 is 2.20 bits per heavy atom. The SMILES string of the molecule is CC1CCN(C(=O)NCC2CCCOC2)C(C(=O)O)C1. The Morgan fingerprint density at radius 1 is 1.40 bits per heavy atom. The van der Waals surface area contributed by atoms with Crippen molar-refractivity contribution in [2.45, 2.75) is 38.6 Å². The number of carbonyl (C=O) groups excluding carboxylic acids is 1. The summed E-state index contributed by atoms with van der Waals surface area (Å²) in [6.07, 6.45) is 3.48. The molecule has 2 aliphatic rings. The molecule has 2 N–H and O–H groups in total. The summed E-state index contributed by atoms with van der Waals surface area (Å²) in [6.45, 7) is 4.60. The number of rotatable bonds is 3. The normalized spacial score (nSPS) is 30.9. The smallest absolute Gasteiger partial charge is 0.326 e. The molecule has 2 amide bonds. The van der Waals surface area contributed by atoms with Crippen LogP contribution in [0.25, 0.3) is 0 Å². The number of aliphatic carboxylic acids is 1. The van der Waals surface area contributed by atoms with Crippen molar-refractivity contribution >= 4 is 12.0 Å². The maximum absolute atomic E-state index is 12.2. The predicted octanol–water partition coefficient (Wildman–Crippen LogP) is 1.31. The van der Waals surface area contributed by atoms with Crippen LogP contribution >= 0.6 is 0 Å². The van der Waals surface area contributed by atoms with E-state index in [0.29, 0.717) is 38.0 Å². The Hall–Kier alpha value is -1.30. The summed E-state index contributed by atoms with van der Waals surface area (Å²) in [5, 5.41) is 12.1. The van der Waals surface area contributed by atoms with Crippen molar-refractivity contribution < 1.29 is 19.4 Å². The molecule has 0 aromatic rings. The molecule has 3 unspecified atom stereocenters. The fourth-order valence-electron chi connectivity index (χ4n) is 2.92. The molecule has 6 heteroatoms. The number of ether oxygens (including phenoxy) is 1. The van der Waals surface area contributed by atoms with E-state index in [0.717, 1.165) is 25.9 Å². The summed E-state index contributed by atoms with van der Waals surface area (Å²) in [6, 6.07) is -0.948. The highest BCUT2D eigenvalue weighted by molar-refractivity contribution is 5.82. The van der Waals surface area contributed by atoms with Crippen molar-refractivity contribution in [2.24, 2.45) is 11.8 Å². The average molecular weight is 284 g/mol. The molecule has 6 nitrogen and oxygen atoms in total. The van der Waals surface area contributed by atoms with E-state index in [4.69, 9.17) is 4.74 Å². The lowest BCUT2D eigenvalue weighted by atomic mass is 9.93. The van der Waals surface area contributed by atoms with Crippen LogP contribution < -0.4 is 5.32 Å². The summed E-state index contributed by atoms with van der Waals surface area (Å²) >= 11 is 0. The quantitative estimate of drug-likeness (QED) is 0.819. The molecule has 0 saturated carbocycles. The van der Waals surface area contributed by atoms with Gasteiger partial charge >= 0.3 is 12.0 Å². The number of amides is 2. The number of likely N-dealkylation sites (tertiary alicyclic amines) is 1. The molecule has 2 aliphatic heterocycles. The lowest BCUT2D eigenvalue weighted by Crippen LogP contribution is -2.54. The lowest BCUT2D eigenvalue weighted by Gasteiger charge is -2.36. The van der Waals surface area contributed by atoms with Crippen LogP contribution in [0.1, 0.15) is 32.6 Å². The highest BCUT2D eigenvalue weighted by atomic mass is 16.5. The maximum Gasteiger partial charge on any atom is 0.326 e. The Bertz CT molecular complexity index is 355. The van der Waals surface area contributed by atoms with E-state index in [1.165, 1.54) is 4.90 Å². The van der Waals surface area contributed by atoms with Gasteiger partial charge in [-0.3, -0.25) is 0 Å². The highest BCUT2D eigenvalue weighted by Gasteiger charge is 2.34. The third kappa shape index (κ3) is 3.85. The van der Waals surface area contributed by atoms with E-state index in [2.05, 4.69) is 5.32 Å². The van der Waals surface area contributed by atoms with Crippen molar-refractivity contribution in [3.63, 3.8) is 0 Å². The first-order chi connectivity index (χ1) is 9.58. The zero-order chi connectivity index (χ0) is 14.5. The third-order valence-corrected chi connectivity index (χ3v) is 4.21. The summed E-state index contributed by atoms with van der Waals surface area (Å²) in [5.74, 6) is -0.209. The van der Waals surface area contributed by atoms with Crippen LogP contribution in [0.5, 0.6) is 0 Å². The summed E-state index contributed by atoms with van der Waals surface area (Å²) in [7, 11) is 0. The van der Waals surface area contributed by atoms with Crippen molar-refractivity contribution in [2.75, 3.05) is 26.3 Å². The van der Waals surface area contributed by atoms with Gasteiger partial charge in [0.05, 0.1) is 6.61 Å². The number of nitrogens with one attached hydrogen (secondary N) is 1. The Kier molecular flexibility index (Phi) is 5.23. The summed E-state index contributed by atoms with van der Waals surface area (Å²) in [5.41, 5.74) is 0. The molecule has 0 bridgehead atoms. The molecule has 0 aromatic carbocycles. The minimum absolute atomic E-state index is 0.255. The van der Waals surface area contributed by atoms with E-state index in [1.807, 2.05) is 6.92 Å². The first kappa shape index (κ1) is 15.1. The molecule has 2 rings (SSSR count). The molecule has 0 aromatic heterocycles. The van der Waals surface area contributed by atoms with Crippen molar-refractivity contribution in [1.29, 1.82) is 0 Å². The van der Waals surface area contributed by atoms with Crippen LogP contribution in [0.15, 0.2) is 0 Å². The molecular formula is C14H24N2O4. The van der Waals surface area contributed by atoms with E-state index in [1.54, 1.807) is 0 Å². The van der Waals surface area contributed by atoms with Crippen LogP contribution in [0.4, 0.5) is 4.79 Å². The maximum atomic E-state index is 12.2. The fraction of sp³-hybridized carbons (Fsp3) is 0.857. The van der Waals surface area contributed by atoms with Crippen LogP contribution in [0.3, 0.4) is 0 Å². The van der Waals surface area contributed by atoms with E-state index >= 15 is 0 Å². The summed E-state index contributed by atoms with van der Waals surface area (Å²) in [4.78, 5) is 24.9. The lowest BCUT2D eigenvalue weighted by molar-refractivity contribution is -0.143. The van der Waals surface area contributed by atoms with Crippen LogP contribution in [0, 0.1) is 11.8 Å². The predicted molar refractivity (Wildman–Crippen MR) is 73.5 cm³/mol. The number of carboxylic acids is 1. The molecule has 0 aliphatic carbocycles. The topological polar surface area (TPSA) is 78.9 Å².